The Labute approximate surface area is 157 Å². The van der Waals surface area contributed by atoms with Crippen molar-refractivity contribution in [2.75, 3.05) is 6.54 Å². The molecule has 2 aromatic heterocycles. The minimum Gasteiger partial charge on any atom is -0.352 e. The first-order valence-corrected chi connectivity index (χ1v) is 8.48. The van der Waals surface area contributed by atoms with Gasteiger partial charge in [0.25, 0.3) is 5.91 Å². The Morgan fingerprint density at radius 2 is 1.86 bits per heavy atom. The Bertz CT molecular complexity index is 1030. The minimum atomic E-state index is -4.68. The number of halogens is 4. The van der Waals surface area contributed by atoms with Gasteiger partial charge >= 0.3 is 6.18 Å². The predicted molar refractivity (Wildman–Crippen MR) is 91.7 cm³/mol. The molecule has 0 saturated heterocycles. The number of pyridine rings is 1. The molecule has 144 valence electrons. The number of nitrogens with one attached hydrogen (secondary N) is 1. The van der Waals surface area contributed by atoms with Gasteiger partial charge in [0.15, 0.2) is 5.82 Å². The zero-order valence-corrected chi connectivity index (χ0v) is 14.4. The normalized spacial score (nSPS) is 15.1. The lowest BCUT2D eigenvalue weighted by molar-refractivity contribution is -0.141. The molecule has 1 aliphatic rings. The zero-order valence-electron chi connectivity index (χ0n) is 14.4. The van der Waals surface area contributed by atoms with E-state index in [-0.39, 0.29) is 28.3 Å². The average Bonchev–Trinajstić information content (AvgIpc) is 3.07. The molecule has 1 aromatic carbocycles. The fraction of sp³-hybridized carbons (Fsp3) is 0.211. The molecule has 5 nitrogen and oxygen atoms in total. The van der Waals surface area contributed by atoms with E-state index in [0.29, 0.717) is 18.7 Å². The van der Waals surface area contributed by atoms with Gasteiger partial charge in [-0.15, -0.1) is 0 Å². The van der Waals surface area contributed by atoms with E-state index in [1.54, 1.807) is 6.07 Å². The Morgan fingerprint density at radius 3 is 2.57 bits per heavy atom. The number of aromatic nitrogens is 3. The molecule has 1 atom stereocenters. The van der Waals surface area contributed by atoms with Gasteiger partial charge in [0.2, 0.25) is 0 Å². The van der Waals surface area contributed by atoms with Crippen molar-refractivity contribution in [3.05, 3.63) is 77.1 Å². The van der Waals surface area contributed by atoms with Crippen molar-refractivity contribution in [3.63, 3.8) is 0 Å². The molecular weight excluding hydrogens is 376 g/mol. The maximum atomic E-state index is 14.8. The maximum Gasteiger partial charge on any atom is 0.399 e. The Kier molecular flexibility index (Phi) is 4.37. The standard InChI is InChI=1S/C19H14F4N4O/c20-14-10-24-8-13(16(19(21,22)23)11-4-2-1-3-5-11)17(14)27-15-6-7-25-18(28)12(15)9-26-27/h1-5,8-10,16H,6-7H2,(H,25,28). The molecule has 0 fully saturated rings. The first-order valence-electron chi connectivity index (χ1n) is 8.48. The molecule has 0 bridgehead atoms. The zero-order chi connectivity index (χ0) is 19.9. The van der Waals surface area contributed by atoms with Gasteiger partial charge < -0.3 is 5.32 Å². The molecule has 3 aromatic rings. The highest BCUT2D eigenvalue weighted by Crippen LogP contribution is 2.42. The van der Waals surface area contributed by atoms with E-state index in [2.05, 4.69) is 15.4 Å². The summed E-state index contributed by atoms with van der Waals surface area (Å²) in [5.41, 5.74) is -0.170. The summed E-state index contributed by atoms with van der Waals surface area (Å²) in [5.74, 6) is -3.43. The molecule has 1 N–H and O–H groups in total. The molecular formula is C19H14F4N4O. The molecule has 0 spiro atoms. The minimum absolute atomic E-state index is 0.0394. The van der Waals surface area contributed by atoms with E-state index >= 15 is 0 Å². The van der Waals surface area contributed by atoms with E-state index in [1.165, 1.54) is 30.5 Å². The highest BCUT2D eigenvalue weighted by Gasteiger charge is 2.44. The van der Waals surface area contributed by atoms with Gasteiger partial charge in [-0.1, -0.05) is 30.3 Å². The van der Waals surface area contributed by atoms with Crippen molar-refractivity contribution < 1.29 is 22.4 Å². The number of hydrogen-bond acceptors (Lipinski definition) is 3. The lowest BCUT2D eigenvalue weighted by Gasteiger charge is -2.24. The summed E-state index contributed by atoms with van der Waals surface area (Å²) < 4.78 is 57.8. The highest BCUT2D eigenvalue weighted by molar-refractivity contribution is 5.96. The van der Waals surface area contributed by atoms with Crippen molar-refractivity contribution in [2.24, 2.45) is 0 Å². The molecule has 1 unspecified atom stereocenters. The largest absolute Gasteiger partial charge is 0.399 e. The van der Waals surface area contributed by atoms with E-state index in [4.69, 9.17) is 0 Å². The predicted octanol–water partition coefficient (Wildman–Crippen LogP) is 3.39. The van der Waals surface area contributed by atoms with Crippen LogP contribution in [-0.2, 0) is 6.42 Å². The summed E-state index contributed by atoms with van der Waals surface area (Å²) in [4.78, 5) is 15.6. The van der Waals surface area contributed by atoms with Crippen molar-refractivity contribution in [1.82, 2.24) is 20.1 Å². The van der Waals surface area contributed by atoms with Gasteiger partial charge in [-0.3, -0.25) is 9.78 Å². The van der Waals surface area contributed by atoms with E-state index in [1.807, 2.05) is 0 Å². The summed E-state index contributed by atoms with van der Waals surface area (Å²) >= 11 is 0. The lowest BCUT2D eigenvalue weighted by atomic mass is 9.90. The SMILES string of the molecule is O=C1NCCc2c1cnn2-c1c(F)cncc1C(c1ccccc1)C(F)(F)F. The van der Waals surface area contributed by atoms with Crippen molar-refractivity contribution in [2.45, 2.75) is 18.5 Å². The van der Waals surface area contributed by atoms with Gasteiger partial charge in [-0.25, -0.2) is 9.07 Å². The molecule has 1 amide bonds. The number of fused-ring (bicyclic) bond motifs is 1. The van der Waals surface area contributed by atoms with Crippen LogP contribution in [0, 0.1) is 5.82 Å². The number of carbonyl (C=O) groups excluding carboxylic acids is 1. The van der Waals surface area contributed by atoms with Gasteiger partial charge in [0, 0.05) is 24.7 Å². The van der Waals surface area contributed by atoms with E-state index in [0.717, 1.165) is 17.1 Å². The van der Waals surface area contributed by atoms with Gasteiger partial charge in [-0.05, 0) is 5.56 Å². The molecule has 1 aliphatic heterocycles. The molecule has 0 radical (unpaired) electrons. The summed E-state index contributed by atoms with van der Waals surface area (Å²) in [6.07, 6.45) is -1.28. The smallest absolute Gasteiger partial charge is 0.352 e. The lowest BCUT2D eigenvalue weighted by Crippen LogP contribution is -2.32. The van der Waals surface area contributed by atoms with Crippen molar-refractivity contribution >= 4 is 5.91 Å². The summed E-state index contributed by atoms with van der Waals surface area (Å²) in [6.45, 7) is 0.293. The van der Waals surface area contributed by atoms with E-state index < -0.39 is 17.9 Å². The highest BCUT2D eigenvalue weighted by atomic mass is 19.4. The third-order valence-electron chi connectivity index (χ3n) is 4.65. The summed E-state index contributed by atoms with van der Waals surface area (Å²) in [5, 5.41) is 6.65. The second-order valence-corrected chi connectivity index (χ2v) is 6.37. The van der Waals surface area contributed by atoms with Crippen LogP contribution in [0.25, 0.3) is 5.69 Å². The van der Waals surface area contributed by atoms with E-state index in [9.17, 15) is 22.4 Å². The van der Waals surface area contributed by atoms with Crippen molar-refractivity contribution in [3.8, 4) is 5.69 Å². The van der Waals surface area contributed by atoms with Crippen LogP contribution in [0.5, 0.6) is 0 Å². The summed E-state index contributed by atoms with van der Waals surface area (Å²) in [7, 11) is 0. The van der Waals surface area contributed by atoms with Crippen LogP contribution in [0.2, 0.25) is 0 Å². The molecule has 4 rings (SSSR count). The number of hydrogen-bond donors (Lipinski definition) is 1. The third kappa shape index (κ3) is 3.02. The van der Waals surface area contributed by atoms with Crippen LogP contribution >= 0.6 is 0 Å². The second kappa shape index (κ2) is 6.74. The molecule has 3 heterocycles. The quantitative estimate of drug-likeness (QED) is 0.698. The second-order valence-electron chi connectivity index (χ2n) is 6.37. The fourth-order valence-corrected chi connectivity index (χ4v) is 3.45. The number of nitrogens with zero attached hydrogens (tertiary/aromatic N) is 3. The van der Waals surface area contributed by atoms with Crippen LogP contribution in [0.4, 0.5) is 17.6 Å². The van der Waals surface area contributed by atoms with Crippen LogP contribution in [-0.4, -0.2) is 33.4 Å². The third-order valence-corrected chi connectivity index (χ3v) is 4.65. The van der Waals surface area contributed by atoms with Crippen molar-refractivity contribution in [1.29, 1.82) is 0 Å². The van der Waals surface area contributed by atoms with Gasteiger partial charge in [-0.2, -0.15) is 18.3 Å². The topological polar surface area (TPSA) is 59.8 Å². The van der Waals surface area contributed by atoms with Gasteiger partial charge in [0.05, 0.1) is 23.7 Å². The molecule has 0 aliphatic carbocycles. The first-order chi connectivity index (χ1) is 13.4. The Morgan fingerprint density at radius 1 is 1.11 bits per heavy atom. The fourth-order valence-electron chi connectivity index (χ4n) is 3.45. The summed E-state index contributed by atoms with van der Waals surface area (Å²) in [6, 6.07) is 7.24. The van der Waals surface area contributed by atoms with Crippen LogP contribution in [0.1, 0.15) is 33.1 Å². The van der Waals surface area contributed by atoms with Gasteiger partial charge in [0.1, 0.15) is 11.6 Å². The van der Waals surface area contributed by atoms with Crippen LogP contribution in [0.3, 0.4) is 0 Å². The number of rotatable bonds is 3. The van der Waals surface area contributed by atoms with Crippen LogP contribution < -0.4 is 5.32 Å². The number of benzene rings is 1. The average molecular weight is 390 g/mol. The maximum absolute atomic E-state index is 14.8. The Hall–Kier alpha value is -3.23. The molecule has 28 heavy (non-hydrogen) atoms. The molecule has 9 heteroatoms. The monoisotopic (exact) mass is 390 g/mol. The number of alkyl halides is 3. The first kappa shape index (κ1) is 18.1. The Balaban J connectivity index is 1.95. The number of amides is 1. The number of carbonyl (C=O) groups is 1. The van der Waals surface area contributed by atoms with Crippen LogP contribution in [0.15, 0.2) is 48.9 Å². The molecule has 0 saturated carbocycles.